The number of nitrogens with one attached hydrogen (secondary N) is 1. The molecular weight excluding hydrogens is 366 g/mol. The van der Waals surface area contributed by atoms with Gasteiger partial charge in [-0.3, -0.25) is 9.78 Å². The maximum Gasteiger partial charge on any atom is 0.227 e. The van der Waals surface area contributed by atoms with Crippen molar-refractivity contribution in [3.8, 4) is 0 Å². The van der Waals surface area contributed by atoms with E-state index in [9.17, 15) is 4.79 Å². The van der Waals surface area contributed by atoms with Crippen molar-refractivity contribution in [3.63, 3.8) is 0 Å². The Labute approximate surface area is 174 Å². The molecule has 1 aromatic heterocycles. The summed E-state index contributed by atoms with van der Waals surface area (Å²) in [6, 6.07) is 0. The molecule has 0 atom stereocenters. The van der Waals surface area contributed by atoms with Crippen LogP contribution in [0.5, 0.6) is 0 Å². The highest BCUT2D eigenvalue weighted by atomic mass is 32.2. The second kappa shape index (κ2) is 10.9. The number of rotatable bonds is 6. The Morgan fingerprint density at radius 1 is 1.18 bits per heavy atom. The van der Waals surface area contributed by atoms with Crippen LogP contribution in [-0.4, -0.2) is 29.7 Å². The number of carbonyl (C=O) groups excluding carboxylic acids is 1. The number of amides is 1. The highest BCUT2D eigenvalue weighted by Gasteiger charge is 2.25. The molecule has 0 spiro atoms. The molecule has 2 fully saturated rings. The predicted octanol–water partition coefficient (Wildman–Crippen LogP) is 6.13. The van der Waals surface area contributed by atoms with Crippen molar-refractivity contribution in [1.29, 1.82) is 0 Å². The smallest absolute Gasteiger partial charge is 0.227 e. The van der Waals surface area contributed by atoms with Crippen molar-refractivity contribution in [1.82, 2.24) is 4.98 Å². The Morgan fingerprint density at radius 2 is 1.82 bits per heavy atom. The number of hydrogen-bond acceptors (Lipinski definition) is 4. The van der Waals surface area contributed by atoms with Crippen molar-refractivity contribution in [3.05, 3.63) is 18.5 Å². The first-order valence-corrected chi connectivity index (χ1v) is 12.1. The van der Waals surface area contributed by atoms with Crippen LogP contribution in [0.2, 0.25) is 0 Å². The molecule has 1 saturated heterocycles. The summed E-state index contributed by atoms with van der Waals surface area (Å²) in [5, 5.41) is 3.29. The first kappa shape index (κ1) is 21.2. The molecule has 1 N–H and O–H groups in total. The van der Waals surface area contributed by atoms with E-state index in [2.05, 4.69) is 28.7 Å². The van der Waals surface area contributed by atoms with Gasteiger partial charge in [0.25, 0.3) is 0 Å². The minimum absolute atomic E-state index is 0.135. The van der Waals surface area contributed by atoms with Gasteiger partial charge in [-0.2, -0.15) is 0 Å². The van der Waals surface area contributed by atoms with E-state index < -0.39 is 0 Å². The summed E-state index contributed by atoms with van der Waals surface area (Å²) in [5.74, 6) is 1.29. The monoisotopic (exact) mass is 401 g/mol. The molecule has 1 aromatic rings. The van der Waals surface area contributed by atoms with Crippen LogP contribution < -0.4 is 10.2 Å². The van der Waals surface area contributed by atoms with E-state index in [1.54, 1.807) is 11.8 Å². The molecule has 5 heteroatoms. The lowest BCUT2D eigenvalue weighted by Gasteiger charge is -2.33. The molecule has 1 aliphatic carbocycles. The third kappa shape index (κ3) is 5.31. The van der Waals surface area contributed by atoms with E-state index >= 15 is 0 Å². The molecule has 2 aliphatic rings. The van der Waals surface area contributed by atoms with E-state index in [4.69, 9.17) is 0 Å². The van der Waals surface area contributed by atoms with Gasteiger partial charge in [0.05, 0.1) is 28.2 Å². The van der Waals surface area contributed by atoms with Gasteiger partial charge in [-0.05, 0) is 43.9 Å². The van der Waals surface area contributed by atoms with E-state index in [0.717, 1.165) is 53.6 Å². The fourth-order valence-corrected chi connectivity index (χ4v) is 5.35. The summed E-state index contributed by atoms with van der Waals surface area (Å²) in [4.78, 5) is 21.3. The first-order valence-electron chi connectivity index (χ1n) is 11.1. The highest BCUT2D eigenvalue weighted by molar-refractivity contribution is 7.99. The van der Waals surface area contributed by atoms with Gasteiger partial charge in [0.15, 0.2) is 0 Å². The Bertz CT molecular complexity index is 662. The summed E-state index contributed by atoms with van der Waals surface area (Å²) in [6.45, 7) is 8.22. The molecule has 0 aromatic carbocycles. The molecule has 3 rings (SSSR count). The number of carbonyl (C=O) groups is 1. The minimum Gasteiger partial charge on any atom is -0.369 e. The Kier molecular flexibility index (Phi) is 8.26. The van der Waals surface area contributed by atoms with Crippen molar-refractivity contribution < 1.29 is 4.79 Å². The zero-order valence-corrected chi connectivity index (χ0v) is 18.2. The first-order chi connectivity index (χ1) is 13.7. The van der Waals surface area contributed by atoms with Crippen molar-refractivity contribution in [2.24, 2.45) is 5.92 Å². The zero-order chi connectivity index (χ0) is 19.8. The van der Waals surface area contributed by atoms with Crippen LogP contribution in [0.3, 0.4) is 0 Å². The van der Waals surface area contributed by atoms with Crippen LogP contribution in [0, 0.1) is 5.92 Å². The van der Waals surface area contributed by atoms with E-state index in [0.29, 0.717) is 0 Å². The van der Waals surface area contributed by atoms with Crippen molar-refractivity contribution in [2.75, 3.05) is 29.1 Å². The number of hydrogen-bond donors (Lipinski definition) is 1. The summed E-state index contributed by atoms with van der Waals surface area (Å²) in [7, 11) is 0. The Hall–Kier alpha value is -1.49. The van der Waals surface area contributed by atoms with Gasteiger partial charge in [0, 0.05) is 19.0 Å². The minimum atomic E-state index is 0.135. The van der Waals surface area contributed by atoms with Crippen LogP contribution in [0.1, 0.15) is 76.8 Å². The van der Waals surface area contributed by atoms with Gasteiger partial charge in [-0.15, -0.1) is 11.8 Å². The van der Waals surface area contributed by atoms with Gasteiger partial charge >= 0.3 is 0 Å². The fourth-order valence-electron chi connectivity index (χ4n) is 4.41. The lowest BCUT2D eigenvalue weighted by molar-refractivity contribution is -0.120. The maximum absolute atomic E-state index is 13.1. The number of aromatic nitrogens is 1. The van der Waals surface area contributed by atoms with E-state index in [-0.39, 0.29) is 11.8 Å². The topological polar surface area (TPSA) is 45.2 Å². The van der Waals surface area contributed by atoms with Crippen molar-refractivity contribution >= 4 is 35.1 Å². The average Bonchev–Trinajstić information content (AvgIpc) is 2.69. The quantitative estimate of drug-likeness (QED) is 0.583. The lowest BCUT2D eigenvalue weighted by Crippen LogP contribution is -2.32. The molecule has 1 aliphatic heterocycles. The molecule has 1 amide bonds. The highest BCUT2D eigenvalue weighted by Crippen LogP contribution is 2.40. The standard InChI is InChI=1S/C23H35N3OS/c1-3-19-22(28-4-2)21(26-15-11-8-12-16-26)20(17-24-19)25-23(27)18-13-9-6-5-7-10-14-18/h3,17-18H,1,4-16H2,2H3,(H,25,27). The SMILES string of the molecule is C=Cc1ncc(NC(=O)C2CCCCCCC2)c(N2CCCCC2)c1SCC. The largest absolute Gasteiger partial charge is 0.369 e. The van der Waals surface area contributed by atoms with Gasteiger partial charge in [0.1, 0.15) is 0 Å². The molecule has 154 valence electrons. The lowest BCUT2D eigenvalue weighted by atomic mass is 9.90. The molecule has 1 saturated carbocycles. The molecule has 4 nitrogen and oxygen atoms in total. The van der Waals surface area contributed by atoms with Crippen LogP contribution in [0.4, 0.5) is 11.4 Å². The average molecular weight is 402 g/mol. The number of thioether (sulfide) groups is 1. The Balaban J connectivity index is 1.88. The maximum atomic E-state index is 13.1. The van der Waals surface area contributed by atoms with Gasteiger partial charge in [-0.25, -0.2) is 0 Å². The number of piperidine rings is 1. The van der Waals surface area contributed by atoms with Crippen LogP contribution in [-0.2, 0) is 4.79 Å². The summed E-state index contributed by atoms with van der Waals surface area (Å²) in [5.41, 5.74) is 2.97. The molecule has 28 heavy (non-hydrogen) atoms. The number of anilines is 2. The van der Waals surface area contributed by atoms with E-state index in [1.807, 2.05) is 12.3 Å². The molecule has 0 unspecified atom stereocenters. The second-order valence-electron chi connectivity index (χ2n) is 7.95. The fraction of sp³-hybridized carbons (Fsp3) is 0.652. The van der Waals surface area contributed by atoms with Crippen LogP contribution >= 0.6 is 11.8 Å². The second-order valence-corrected chi connectivity index (χ2v) is 9.23. The number of nitrogens with zero attached hydrogens (tertiary/aromatic N) is 2. The zero-order valence-electron chi connectivity index (χ0n) is 17.3. The molecule has 0 radical (unpaired) electrons. The summed E-state index contributed by atoms with van der Waals surface area (Å²) >= 11 is 1.80. The molecular formula is C23H35N3OS. The van der Waals surface area contributed by atoms with Crippen LogP contribution in [0.15, 0.2) is 17.7 Å². The third-order valence-electron chi connectivity index (χ3n) is 5.92. The summed E-state index contributed by atoms with van der Waals surface area (Å²) in [6.07, 6.45) is 15.6. The summed E-state index contributed by atoms with van der Waals surface area (Å²) < 4.78 is 0. The number of pyridine rings is 1. The van der Waals surface area contributed by atoms with E-state index in [1.165, 1.54) is 51.4 Å². The molecule has 2 heterocycles. The van der Waals surface area contributed by atoms with Gasteiger partial charge in [0.2, 0.25) is 5.91 Å². The van der Waals surface area contributed by atoms with Crippen molar-refractivity contribution in [2.45, 2.75) is 76.0 Å². The third-order valence-corrected chi connectivity index (χ3v) is 6.90. The predicted molar refractivity (Wildman–Crippen MR) is 121 cm³/mol. The Morgan fingerprint density at radius 3 is 2.46 bits per heavy atom. The van der Waals surface area contributed by atoms with Gasteiger partial charge in [-0.1, -0.05) is 45.6 Å². The van der Waals surface area contributed by atoms with Crippen LogP contribution in [0.25, 0.3) is 6.08 Å². The normalized spacial score (nSPS) is 19.0. The van der Waals surface area contributed by atoms with Gasteiger partial charge < -0.3 is 10.2 Å². The molecule has 0 bridgehead atoms.